The highest BCUT2D eigenvalue weighted by Gasteiger charge is 1.95. The van der Waals surface area contributed by atoms with Crippen LogP contribution in [0.25, 0.3) is 0 Å². The Labute approximate surface area is 66.7 Å². The fourth-order valence-electron chi connectivity index (χ4n) is 0.203. The molecule has 3 heteroatoms. The molecule has 0 N–H and O–H groups in total. The van der Waals surface area contributed by atoms with E-state index in [1.54, 1.807) is 0 Å². The molecule has 0 aromatic heterocycles. The van der Waals surface area contributed by atoms with Crippen molar-refractivity contribution in [3.63, 3.8) is 0 Å². The summed E-state index contributed by atoms with van der Waals surface area (Å²) in [5, 5.41) is 2.55. The summed E-state index contributed by atoms with van der Waals surface area (Å²) in [6.07, 6.45) is 1.13. The molecule has 0 aliphatic rings. The minimum absolute atomic E-state index is 0.513. The Morgan fingerprint density at radius 2 is 2.00 bits per heavy atom. The number of hydrogen-bond donors (Lipinski definition) is 1. The van der Waals surface area contributed by atoms with E-state index < -0.39 is 0 Å². The summed E-state index contributed by atoms with van der Waals surface area (Å²) in [7, 11) is 0. The van der Waals surface area contributed by atoms with Crippen LogP contribution in [0.4, 0.5) is 0 Å². The van der Waals surface area contributed by atoms with E-state index in [9.17, 15) is 0 Å². The van der Waals surface area contributed by atoms with E-state index in [0.29, 0.717) is 5.25 Å². The second-order valence-corrected chi connectivity index (χ2v) is 3.46. The molecule has 0 nitrogen and oxygen atoms in total. The van der Waals surface area contributed by atoms with Crippen LogP contribution in [0, 0.1) is 0 Å². The van der Waals surface area contributed by atoms with Gasteiger partial charge in [0.25, 0.3) is 0 Å². The molecule has 0 aromatic carbocycles. The predicted molar refractivity (Wildman–Crippen MR) is 45.0 cm³/mol. The van der Waals surface area contributed by atoms with Gasteiger partial charge in [-0.3, -0.25) is 0 Å². The summed E-state index contributed by atoms with van der Waals surface area (Å²) in [5.41, 5.74) is 0. The van der Waals surface area contributed by atoms with Gasteiger partial charge in [-0.15, -0.1) is 0 Å². The van der Waals surface area contributed by atoms with E-state index in [1.165, 1.54) is 0 Å². The van der Waals surface area contributed by atoms with Crippen molar-refractivity contribution in [2.75, 3.05) is 10.7 Å². The highest BCUT2D eigenvalue weighted by molar-refractivity contribution is 9.09. The van der Waals surface area contributed by atoms with Crippen LogP contribution in [0.15, 0.2) is 0 Å². The summed E-state index contributed by atoms with van der Waals surface area (Å²) in [4.78, 5) is 0. The van der Waals surface area contributed by atoms with Gasteiger partial charge >= 0.3 is 0 Å². The van der Waals surface area contributed by atoms with Gasteiger partial charge in [-0.05, 0) is 6.42 Å². The average Bonchev–Trinajstić information content (AvgIpc) is 1.68. The summed E-state index contributed by atoms with van der Waals surface area (Å²) in [6, 6.07) is 0. The van der Waals surface area contributed by atoms with E-state index in [-0.39, 0.29) is 0 Å². The van der Waals surface area contributed by atoms with E-state index in [0.717, 1.165) is 17.1 Å². The van der Waals surface area contributed by atoms with Crippen molar-refractivity contribution in [3.8, 4) is 0 Å². The average molecular weight is 248 g/mol. The third-order valence-electron chi connectivity index (χ3n) is 0.620. The molecule has 0 heterocycles. The van der Waals surface area contributed by atoms with E-state index >= 15 is 0 Å². The lowest BCUT2D eigenvalue weighted by Gasteiger charge is -1.99. The molecule has 0 aliphatic heterocycles. The lowest BCUT2D eigenvalue weighted by molar-refractivity contribution is 0.947. The zero-order valence-electron chi connectivity index (χ0n) is 3.90. The molecule has 0 aromatic rings. The van der Waals surface area contributed by atoms with Crippen molar-refractivity contribution in [1.29, 1.82) is 0 Å². The van der Waals surface area contributed by atoms with Crippen molar-refractivity contribution >= 4 is 44.5 Å². The molecule has 0 fully saturated rings. The van der Waals surface area contributed by atoms with Crippen LogP contribution in [0.5, 0.6) is 0 Å². The van der Waals surface area contributed by atoms with Gasteiger partial charge in [0.1, 0.15) is 0 Å². The van der Waals surface area contributed by atoms with Gasteiger partial charge in [-0.25, -0.2) is 0 Å². The van der Waals surface area contributed by atoms with Crippen molar-refractivity contribution in [2.24, 2.45) is 0 Å². The molecule has 0 bridgehead atoms. The van der Waals surface area contributed by atoms with Crippen LogP contribution in [-0.2, 0) is 0 Å². The first-order chi connectivity index (χ1) is 3.31. The van der Waals surface area contributed by atoms with Crippen LogP contribution in [0.3, 0.4) is 0 Å². The lowest BCUT2D eigenvalue weighted by atomic mass is 10.4. The second kappa shape index (κ2) is 5.45. The maximum atomic E-state index is 4.23. The predicted octanol–water partition coefficient (Wildman–Crippen LogP) is 2.46. The molecule has 0 spiro atoms. The molecule has 0 aliphatic carbocycles. The Morgan fingerprint density at radius 3 is 2.14 bits per heavy atom. The van der Waals surface area contributed by atoms with Gasteiger partial charge in [-0.2, -0.15) is 12.6 Å². The van der Waals surface area contributed by atoms with Gasteiger partial charge < -0.3 is 0 Å². The lowest BCUT2D eigenvalue weighted by Crippen LogP contribution is -1.98. The topological polar surface area (TPSA) is 0 Å². The molecule has 0 saturated heterocycles. The Balaban J connectivity index is 2.83. The highest BCUT2D eigenvalue weighted by atomic mass is 79.9. The molecule has 7 heavy (non-hydrogen) atoms. The minimum Gasteiger partial charge on any atom is -0.175 e. The maximum absolute atomic E-state index is 4.23. The van der Waals surface area contributed by atoms with Crippen molar-refractivity contribution in [2.45, 2.75) is 11.7 Å². The summed E-state index contributed by atoms with van der Waals surface area (Å²) >= 11 is 10.9. The SMILES string of the molecule is SC(CBr)CCBr. The standard InChI is InChI=1S/C4H8Br2S/c5-2-1-4(7)3-6/h4,7H,1-3H2. The van der Waals surface area contributed by atoms with Gasteiger partial charge in [0, 0.05) is 15.9 Å². The maximum Gasteiger partial charge on any atom is 0.0148 e. The number of hydrogen-bond acceptors (Lipinski definition) is 1. The van der Waals surface area contributed by atoms with Gasteiger partial charge in [0.05, 0.1) is 0 Å². The normalized spacial score (nSPS) is 14.1. The molecule has 0 amide bonds. The Hall–Kier alpha value is 1.31. The fraction of sp³-hybridized carbons (Fsp3) is 1.00. The largest absolute Gasteiger partial charge is 0.175 e. The van der Waals surface area contributed by atoms with Crippen LogP contribution in [-0.4, -0.2) is 15.9 Å². The molecule has 0 rings (SSSR count). The molecular formula is C4H8Br2S. The second-order valence-electron chi connectivity index (χ2n) is 1.29. The molecular weight excluding hydrogens is 240 g/mol. The minimum atomic E-state index is 0.513. The first-order valence-corrected chi connectivity index (χ1v) is 4.87. The quantitative estimate of drug-likeness (QED) is 0.575. The monoisotopic (exact) mass is 246 g/mol. The molecule has 1 unspecified atom stereocenters. The fourth-order valence-corrected chi connectivity index (χ4v) is 1.56. The zero-order chi connectivity index (χ0) is 5.70. The van der Waals surface area contributed by atoms with Gasteiger partial charge in [-0.1, -0.05) is 31.9 Å². The third-order valence-corrected chi connectivity index (χ3v) is 2.80. The molecule has 44 valence electrons. The molecule has 0 radical (unpaired) electrons. The van der Waals surface area contributed by atoms with Crippen molar-refractivity contribution in [1.82, 2.24) is 0 Å². The first kappa shape index (κ1) is 8.31. The summed E-state index contributed by atoms with van der Waals surface area (Å²) in [6.45, 7) is 0. The third kappa shape index (κ3) is 5.18. The molecule has 0 saturated carbocycles. The summed E-state index contributed by atoms with van der Waals surface area (Å²) in [5.74, 6) is 0. The number of alkyl halides is 2. The van der Waals surface area contributed by atoms with E-state index in [1.807, 2.05) is 0 Å². The number of thiol groups is 1. The van der Waals surface area contributed by atoms with Crippen LogP contribution in [0.1, 0.15) is 6.42 Å². The smallest absolute Gasteiger partial charge is 0.0148 e. The van der Waals surface area contributed by atoms with E-state index in [2.05, 4.69) is 44.5 Å². The van der Waals surface area contributed by atoms with Crippen molar-refractivity contribution < 1.29 is 0 Å². The number of rotatable bonds is 3. The first-order valence-electron chi connectivity index (χ1n) is 2.11. The van der Waals surface area contributed by atoms with E-state index in [4.69, 9.17) is 0 Å². The van der Waals surface area contributed by atoms with Crippen LogP contribution < -0.4 is 0 Å². The summed E-state index contributed by atoms with van der Waals surface area (Å²) < 4.78 is 0. The van der Waals surface area contributed by atoms with Crippen LogP contribution >= 0.6 is 44.5 Å². The zero-order valence-corrected chi connectivity index (χ0v) is 7.97. The highest BCUT2D eigenvalue weighted by Crippen LogP contribution is 2.05. The Bertz CT molecular complexity index is 40.7. The number of halogens is 2. The van der Waals surface area contributed by atoms with Gasteiger partial charge in [0.2, 0.25) is 0 Å². The van der Waals surface area contributed by atoms with Gasteiger partial charge in [0.15, 0.2) is 0 Å². The van der Waals surface area contributed by atoms with Crippen molar-refractivity contribution in [3.05, 3.63) is 0 Å². The Kier molecular flexibility index (Phi) is 6.47. The molecule has 1 atom stereocenters. The Morgan fingerprint density at radius 1 is 1.43 bits per heavy atom. The van der Waals surface area contributed by atoms with Crippen LogP contribution in [0.2, 0.25) is 0 Å².